The van der Waals surface area contributed by atoms with Crippen LogP contribution in [0.3, 0.4) is 0 Å². The fraction of sp³-hybridized carbons (Fsp3) is 0.136. The van der Waals surface area contributed by atoms with Crippen molar-refractivity contribution in [2.24, 2.45) is 0 Å². The van der Waals surface area contributed by atoms with Gasteiger partial charge in [-0.15, -0.1) is 10.2 Å². The summed E-state index contributed by atoms with van der Waals surface area (Å²) in [5.41, 5.74) is 2.32. The third-order valence-corrected chi connectivity index (χ3v) is 5.59. The van der Waals surface area contributed by atoms with Gasteiger partial charge in [-0.05, 0) is 24.3 Å². The van der Waals surface area contributed by atoms with Gasteiger partial charge in [-0.3, -0.25) is 9.78 Å². The highest BCUT2D eigenvalue weighted by Gasteiger charge is 2.12. The van der Waals surface area contributed by atoms with Crippen LogP contribution in [0, 0.1) is 0 Å². The molecule has 0 saturated heterocycles. The largest absolute Gasteiger partial charge is 0.355 e. The van der Waals surface area contributed by atoms with Gasteiger partial charge in [0.25, 0.3) is 0 Å². The predicted molar refractivity (Wildman–Crippen MR) is 121 cm³/mol. The molecule has 0 unspecified atom stereocenters. The molecule has 0 spiro atoms. The number of pyridine rings is 1. The third-order valence-electron chi connectivity index (χ3n) is 4.67. The van der Waals surface area contributed by atoms with Crippen LogP contribution in [0.1, 0.15) is 5.89 Å². The van der Waals surface area contributed by atoms with Crippen LogP contribution in [-0.4, -0.2) is 53.1 Å². The number of rotatable bonds is 8. The fourth-order valence-electron chi connectivity index (χ4n) is 3.08. The topological polar surface area (TPSA) is 124 Å². The van der Waals surface area contributed by atoms with Crippen LogP contribution in [-0.2, 0) is 11.2 Å². The number of benzene rings is 1. The normalized spacial score (nSPS) is 11.0. The first-order valence-corrected chi connectivity index (χ1v) is 11.2. The highest BCUT2D eigenvalue weighted by molar-refractivity contribution is 7.99. The number of fused-ring (bicyclic) bond motifs is 1. The summed E-state index contributed by atoms with van der Waals surface area (Å²) in [4.78, 5) is 20.7. The lowest BCUT2D eigenvalue weighted by Gasteiger charge is -2.04. The van der Waals surface area contributed by atoms with Crippen molar-refractivity contribution in [3.05, 3.63) is 72.9 Å². The quantitative estimate of drug-likeness (QED) is 0.349. The molecule has 164 valence electrons. The van der Waals surface area contributed by atoms with Gasteiger partial charge in [0.2, 0.25) is 17.6 Å². The van der Waals surface area contributed by atoms with Crippen LogP contribution in [0.15, 0.2) is 76.5 Å². The molecule has 33 heavy (non-hydrogen) atoms. The van der Waals surface area contributed by atoms with E-state index in [1.54, 1.807) is 16.9 Å². The van der Waals surface area contributed by atoms with Gasteiger partial charge < -0.3 is 9.84 Å². The molecular weight excluding hydrogens is 440 g/mol. The lowest BCUT2D eigenvalue weighted by molar-refractivity contribution is -0.118. The van der Waals surface area contributed by atoms with Gasteiger partial charge >= 0.3 is 0 Å². The Hall–Kier alpha value is -4.12. The zero-order chi connectivity index (χ0) is 22.5. The predicted octanol–water partition coefficient (Wildman–Crippen LogP) is 2.69. The average Bonchev–Trinajstić information content (AvgIpc) is 3.51. The van der Waals surface area contributed by atoms with Crippen LogP contribution in [0.5, 0.6) is 0 Å². The van der Waals surface area contributed by atoms with Crippen LogP contribution in [0.4, 0.5) is 0 Å². The number of hydrogen-bond donors (Lipinski definition) is 1. The molecule has 0 atom stereocenters. The maximum absolute atomic E-state index is 12.3. The Kier molecular flexibility index (Phi) is 6.02. The molecule has 1 aromatic carbocycles. The molecule has 1 N–H and O–H groups in total. The summed E-state index contributed by atoms with van der Waals surface area (Å²) in [6.07, 6.45) is 3.86. The maximum atomic E-state index is 12.3. The Morgan fingerprint density at radius 3 is 2.76 bits per heavy atom. The van der Waals surface area contributed by atoms with Gasteiger partial charge in [-0.1, -0.05) is 47.3 Å². The molecule has 0 aliphatic rings. The Bertz CT molecular complexity index is 1370. The Balaban J connectivity index is 1.14. The average molecular weight is 459 g/mol. The highest BCUT2D eigenvalue weighted by atomic mass is 32.2. The molecule has 11 heteroatoms. The first-order valence-electron chi connectivity index (χ1n) is 10.2. The van der Waals surface area contributed by atoms with E-state index in [1.165, 1.54) is 11.8 Å². The molecule has 0 aliphatic carbocycles. The summed E-state index contributed by atoms with van der Waals surface area (Å²) >= 11 is 1.33. The molecule has 10 nitrogen and oxygen atoms in total. The van der Waals surface area contributed by atoms with E-state index in [1.807, 2.05) is 54.6 Å². The van der Waals surface area contributed by atoms with E-state index in [9.17, 15) is 4.79 Å². The minimum absolute atomic E-state index is 0.110. The van der Waals surface area contributed by atoms with Crippen molar-refractivity contribution < 1.29 is 9.32 Å². The van der Waals surface area contributed by atoms with Gasteiger partial charge in [0, 0.05) is 36.5 Å². The number of thioether (sulfide) groups is 1. The van der Waals surface area contributed by atoms with E-state index in [-0.39, 0.29) is 11.7 Å². The van der Waals surface area contributed by atoms with E-state index in [0.717, 1.165) is 11.1 Å². The van der Waals surface area contributed by atoms with E-state index in [2.05, 4.69) is 35.7 Å². The zero-order valence-corrected chi connectivity index (χ0v) is 18.1. The molecular formula is C22H18N8O2S. The number of amides is 1. The number of carbonyl (C=O) groups excluding carboxylic acids is 1. The second-order valence-electron chi connectivity index (χ2n) is 6.97. The second kappa shape index (κ2) is 9.57. The lowest BCUT2D eigenvalue weighted by atomic mass is 10.2. The first kappa shape index (κ1) is 20.8. The van der Waals surface area contributed by atoms with Crippen LogP contribution >= 0.6 is 11.8 Å². The van der Waals surface area contributed by atoms with Crippen molar-refractivity contribution >= 4 is 23.3 Å². The van der Waals surface area contributed by atoms with Crippen LogP contribution in [0.25, 0.3) is 28.4 Å². The van der Waals surface area contributed by atoms with Crippen molar-refractivity contribution in [3.8, 4) is 22.8 Å². The molecule has 0 saturated carbocycles. The summed E-state index contributed by atoms with van der Waals surface area (Å²) in [7, 11) is 0. The molecule has 0 fully saturated rings. The summed E-state index contributed by atoms with van der Waals surface area (Å²) in [6.45, 7) is 0.402. The zero-order valence-electron chi connectivity index (χ0n) is 17.3. The number of hydrogen-bond acceptors (Lipinski definition) is 9. The number of nitrogens with zero attached hydrogens (tertiary/aromatic N) is 7. The standard InChI is InChI=1S/C22H18N8O2S/c31-18(24-12-10-19-25-21(29-32-19)15-5-2-1-3-6-15)14-33-20-9-8-17-26-27-22(30(17)28-20)16-7-4-11-23-13-16/h1-9,11,13H,10,12,14H2,(H,24,31). The van der Waals surface area contributed by atoms with Crippen molar-refractivity contribution in [1.29, 1.82) is 0 Å². The molecule has 5 rings (SSSR count). The van der Waals surface area contributed by atoms with Crippen molar-refractivity contribution in [2.75, 3.05) is 12.3 Å². The van der Waals surface area contributed by atoms with E-state index >= 15 is 0 Å². The Labute approximate surface area is 192 Å². The maximum Gasteiger partial charge on any atom is 0.230 e. The van der Waals surface area contributed by atoms with Gasteiger partial charge in [-0.25, -0.2) is 0 Å². The van der Waals surface area contributed by atoms with Gasteiger partial charge in [-0.2, -0.15) is 14.6 Å². The third kappa shape index (κ3) is 4.88. The number of nitrogens with one attached hydrogen (secondary N) is 1. The van der Waals surface area contributed by atoms with E-state index in [0.29, 0.717) is 41.2 Å². The molecule has 5 aromatic rings. The van der Waals surface area contributed by atoms with Crippen molar-refractivity contribution in [2.45, 2.75) is 11.4 Å². The van der Waals surface area contributed by atoms with E-state index in [4.69, 9.17) is 4.52 Å². The number of carbonyl (C=O) groups is 1. The smallest absolute Gasteiger partial charge is 0.230 e. The van der Waals surface area contributed by atoms with Crippen molar-refractivity contribution in [1.82, 2.24) is 40.3 Å². The fourth-order valence-corrected chi connectivity index (χ4v) is 3.77. The molecule has 0 radical (unpaired) electrons. The van der Waals surface area contributed by atoms with Gasteiger partial charge in [0.15, 0.2) is 11.5 Å². The van der Waals surface area contributed by atoms with Gasteiger partial charge in [0.1, 0.15) is 5.03 Å². The molecule has 4 heterocycles. The minimum Gasteiger partial charge on any atom is -0.355 e. The van der Waals surface area contributed by atoms with E-state index < -0.39 is 0 Å². The molecule has 0 aliphatic heterocycles. The van der Waals surface area contributed by atoms with Crippen LogP contribution < -0.4 is 5.32 Å². The highest BCUT2D eigenvalue weighted by Crippen LogP contribution is 2.20. The summed E-state index contributed by atoms with van der Waals surface area (Å²) in [5, 5.41) is 20.4. The summed E-state index contributed by atoms with van der Waals surface area (Å²) in [5.74, 6) is 1.72. The lowest BCUT2D eigenvalue weighted by Crippen LogP contribution is -2.27. The summed E-state index contributed by atoms with van der Waals surface area (Å²) in [6, 6.07) is 17.0. The SMILES string of the molecule is O=C(CSc1ccc2nnc(-c3cccnc3)n2n1)NCCc1nc(-c2ccccc2)no1. The van der Waals surface area contributed by atoms with Gasteiger partial charge in [0.05, 0.1) is 5.75 Å². The minimum atomic E-state index is -0.110. The second-order valence-corrected chi connectivity index (χ2v) is 7.97. The number of aromatic nitrogens is 7. The molecule has 0 bridgehead atoms. The summed E-state index contributed by atoms with van der Waals surface area (Å²) < 4.78 is 6.91. The first-order chi connectivity index (χ1) is 16.3. The molecule has 1 amide bonds. The molecule has 4 aromatic heterocycles. The Morgan fingerprint density at radius 2 is 1.91 bits per heavy atom. The Morgan fingerprint density at radius 1 is 1.03 bits per heavy atom. The van der Waals surface area contributed by atoms with Crippen molar-refractivity contribution in [3.63, 3.8) is 0 Å². The monoisotopic (exact) mass is 458 g/mol. The van der Waals surface area contributed by atoms with Crippen LogP contribution in [0.2, 0.25) is 0 Å².